The fraction of sp³-hybridized carbons (Fsp3) is 0.304. The third-order valence-electron chi connectivity index (χ3n) is 6.21. The lowest BCUT2D eigenvalue weighted by Crippen LogP contribution is -2.26. The van der Waals surface area contributed by atoms with E-state index in [1.807, 2.05) is 12.3 Å². The maximum Gasteiger partial charge on any atom is 0.137 e. The predicted molar refractivity (Wildman–Crippen MR) is 118 cm³/mol. The van der Waals surface area contributed by atoms with Gasteiger partial charge in [-0.15, -0.1) is 5.10 Å². The molecule has 32 heavy (non-hydrogen) atoms. The molecule has 0 spiro atoms. The van der Waals surface area contributed by atoms with Crippen LogP contribution in [0.4, 0.5) is 4.39 Å². The van der Waals surface area contributed by atoms with E-state index in [2.05, 4.69) is 42.5 Å². The highest BCUT2D eigenvalue weighted by Crippen LogP contribution is 2.27. The van der Waals surface area contributed by atoms with Gasteiger partial charge in [0, 0.05) is 29.9 Å². The van der Waals surface area contributed by atoms with Gasteiger partial charge in [-0.25, -0.2) is 14.1 Å². The number of H-pyrrole nitrogens is 1. The second-order valence-electron chi connectivity index (χ2n) is 8.55. The van der Waals surface area contributed by atoms with Crippen molar-refractivity contribution in [1.82, 2.24) is 39.9 Å². The molecular formula is C23H23FN8. The van der Waals surface area contributed by atoms with Gasteiger partial charge in [-0.05, 0) is 49.1 Å². The van der Waals surface area contributed by atoms with Crippen LogP contribution in [0.15, 0.2) is 49.1 Å². The molecule has 0 radical (unpaired) electrons. The van der Waals surface area contributed by atoms with Gasteiger partial charge in [0.05, 0.1) is 30.1 Å². The Morgan fingerprint density at radius 1 is 1.16 bits per heavy atom. The van der Waals surface area contributed by atoms with Gasteiger partial charge in [-0.2, -0.15) is 5.10 Å². The molecule has 1 saturated carbocycles. The number of aromatic nitrogens is 7. The van der Waals surface area contributed by atoms with Crippen molar-refractivity contribution in [2.45, 2.75) is 32.4 Å². The molecule has 0 aliphatic heterocycles. The highest BCUT2D eigenvalue weighted by molar-refractivity contribution is 5.93. The summed E-state index contributed by atoms with van der Waals surface area (Å²) < 4.78 is 17.8. The second kappa shape index (κ2) is 7.83. The first kappa shape index (κ1) is 19.1. The normalized spacial score (nSPS) is 14.4. The van der Waals surface area contributed by atoms with Gasteiger partial charge in [-0.1, -0.05) is 17.7 Å². The highest BCUT2D eigenvalue weighted by atomic mass is 19.1. The lowest BCUT2D eigenvalue weighted by Gasteiger charge is -2.25. The largest absolute Gasteiger partial charge is 0.312 e. The van der Waals surface area contributed by atoms with Crippen LogP contribution < -0.4 is 5.32 Å². The minimum atomic E-state index is -0.343. The van der Waals surface area contributed by atoms with Crippen LogP contribution in [-0.2, 0) is 13.1 Å². The van der Waals surface area contributed by atoms with Gasteiger partial charge in [0.2, 0.25) is 0 Å². The number of nitrogens with zero attached hydrogens (tertiary/aromatic N) is 6. The van der Waals surface area contributed by atoms with Crippen LogP contribution in [0.1, 0.15) is 30.5 Å². The molecule has 1 aliphatic carbocycles. The number of imidazole rings is 1. The molecule has 4 heterocycles. The maximum absolute atomic E-state index is 14.0. The smallest absolute Gasteiger partial charge is 0.137 e. The number of hydrogen-bond donors (Lipinski definition) is 2. The van der Waals surface area contributed by atoms with E-state index in [0.29, 0.717) is 23.3 Å². The fourth-order valence-corrected chi connectivity index (χ4v) is 4.28. The Kier molecular flexibility index (Phi) is 4.68. The van der Waals surface area contributed by atoms with Gasteiger partial charge >= 0.3 is 0 Å². The Bertz CT molecular complexity index is 1390. The number of halogens is 1. The van der Waals surface area contributed by atoms with Crippen LogP contribution in [0.3, 0.4) is 0 Å². The first-order valence-corrected chi connectivity index (χ1v) is 10.9. The van der Waals surface area contributed by atoms with Crippen molar-refractivity contribution in [3.05, 3.63) is 66.1 Å². The first-order chi connectivity index (χ1) is 15.7. The van der Waals surface area contributed by atoms with Gasteiger partial charge in [0.15, 0.2) is 0 Å². The van der Waals surface area contributed by atoms with Crippen molar-refractivity contribution in [2.75, 3.05) is 6.54 Å². The minimum absolute atomic E-state index is 0.343. The van der Waals surface area contributed by atoms with Crippen LogP contribution >= 0.6 is 0 Å². The quantitative estimate of drug-likeness (QED) is 0.412. The molecule has 6 rings (SSSR count). The topological polar surface area (TPSA) is 88.7 Å². The van der Waals surface area contributed by atoms with Crippen molar-refractivity contribution in [3.63, 3.8) is 0 Å². The molecule has 2 N–H and O–H groups in total. The number of aromatic amines is 1. The summed E-state index contributed by atoms with van der Waals surface area (Å²) >= 11 is 0. The number of hydrogen-bond acceptors (Lipinski definition) is 5. The molecule has 0 bridgehead atoms. The third-order valence-corrected chi connectivity index (χ3v) is 6.21. The van der Waals surface area contributed by atoms with Crippen LogP contribution in [0.2, 0.25) is 0 Å². The first-order valence-electron chi connectivity index (χ1n) is 10.9. The zero-order valence-electron chi connectivity index (χ0n) is 17.5. The van der Waals surface area contributed by atoms with E-state index in [1.54, 1.807) is 17.1 Å². The molecule has 4 aromatic heterocycles. The lowest BCUT2D eigenvalue weighted by atomic mass is 9.85. The van der Waals surface area contributed by atoms with E-state index < -0.39 is 0 Å². The van der Waals surface area contributed by atoms with Crippen molar-refractivity contribution < 1.29 is 4.39 Å². The Labute approximate surface area is 183 Å². The molecular weight excluding hydrogens is 407 g/mol. The molecule has 1 aromatic carbocycles. The summed E-state index contributed by atoms with van der Waals surface area (Å²) in [6.45, 7) is 2.44. The zero-order valence-corrected chi connectivity index (χ0v) is 17.5. The van der Waals surface area contributed by atoms with E-state index in [4.69, 9.17) is 4.98 Å². The monoisotopic (exact) mass is 430 g/mol. The Balaban J connectivity index is 1.19. The Hall–Kier alpha value is -3.59. The molecule has 0 atom stereocenters. The number of pyridine rings is 1. The molecule has 1 aliphatic rings. The molecule has 0 amide bonds. The molecule has 0 saturated heterocycles. The van der Waals surface area contributed by atoms with Crippen LogP contribution in [0.25, 0.3) is 27.8 Å². The predicted octanol–water partition coefficient (Wildman–Crippen LogP) is 3.55. The number of nitrogens with one attached hydrogen (secondary N) is 2. The number of fused-ring (bicyclic) bond motifs is 2. The summed E-state index contributed by atoms with van der Waals surface area (Å²) in [4.78, 5) is 4.70. The van der Waals surface area contributed by atoms with Crippen LogP contribution in [0, 0.1) is 11.7 Å². The van der Waals surface area contributed by atoms with Crippen molar-refractivity contribution >= 4 is 16.6 Å². The van der Waals surface area contributed by atoms with Gasteiger partial charge in [-0.3, -0.25) is 5.10 Å². The van der Waals surface area contributed by atoms with Gasteiger partial charge in [0.25, 0.3) is 0 Å². The van der Waals surface area contributed by atoms with Crippen molar-refractivity contribution in [2.24, 2.45) is 5.92 Å². The molecule has 5 aromatic rings. The number of benzene rings is 1. The van der Waals surface area contributed by atoms with Gasteiger partial charge in [0.1, 0.15) is 17.2 Å². The molecule has 8 nitrogen and oxygen atoms in total. The average molecular weight is 430 g/mol. The summed E-state index contributed by atoms with van der Waals surface area (Å²) in [5.41, 5.74) is 4.91. The minimum Gasteiger partial charge on any atom is -0.312 e. The number of rotatable bonds is 7. The SMILES string of the molecule is Fc1cc(-c2cn(Cc3cn4cc(CNCC5CCC5)ccc4n3)nn2)c2cn[nH]c2c1. The summed E-state index contributed by atoms with van der Waals surface area (Å²) in [7, 11) is 0. The van der Waals surface area contributed by atoms with Crippen molar-refractivity contribution in [3.8, 4) is 11.3 Å². The summed E-state index contributed by atoms with van der Waals surface area (Å²) in [5.74, 6) is 0.507. The Morgan fingerprint density at radius 3 is 2.97 bits per heavy atom. The van der Waals surface area contributed by atoms with E-state index in [0.717, 1.165) is 35.7 Å². The molecule has 1 fully saturated rings. The summed E-state index contributed by atoms with van der Waals surface area (Å²) in [6.07, 6.45) is 11.7. The maximum atomic E-state index is 14.0. The molecule has 0 unspecified atom stereocenters. The van der Waals surface area contributed by atoms with E-state index in [1.165, 1.54) is 37.0 Å². The van der Waals surface area contributed by atoms with Crippen LogP contribution in [0.5, 0.6) is 0 Å². The standard InChI is InChI=1S/C23H23FN8/c24-17-6-19(20-10-26-28-21(20)7-17)22-14-32(30-29-22)13-18-12-31-11-16(4-5-23(31)27-18)9-25-8-15-2-1-3-15/h4-7,10-12,14-15,25H,1-3,8-9,13H2,(H,26,28). The van der Waals surface area contributed by atoms with E-state index >= 15 is 0 Å². The zero-order chi connectivity index (χ0) is 21.5. The summed E-state index contributed by atoms with van der Waals surface area (Å²) in [6, 6.07) is 7.04. The second-order valence-corrected chi connectivity index (χ2v) is 8.55. The van der Waals surface area contributed by atoms with Crippen molar-refractivity contribution in [1.29, 1.82) is 0 Å². The van der Waals surface area contributed by atoms with E-state index in [-0.39, 0.29) is 5.82 Å². The van der Waals surface area contributed by atoms with E-state index in [9.17, 15) is 4.39 Å². The Morgan fingerprint density at radius 2 is 2.09 bits per heavy atom. The molecule has 9 heteroatoms. The fourth-order valence-electron chi connectivity index (χ4n) is 4.28. The van der Waals surface area contributed by atoms with Crippen LogP contribution in [-0.4, -0.2) is 41.1 Å². The highest BCUT2D eigenvalue weighted by Gasteiger charge is 2.16. The average Bonchev–Trinajstić information content (AvgIpc) is 3.48. The third kappa shape index (κ3) is 3.64. The summed E-state index contributed by atoms with van der Waals surface area (Å²) in [5, 5.41) is 19.6. The lowest BCUT2D eigenvalue weighted by molar-refractivity contribution is 0.301. The molecule has 162 valence electrons. The van der Waals surface area contributed by atoms with Gasteiger partial charge < -0.3 is 9.72 Å².